The maximum Gasteiger partial charge on any atom is 0.269 e. The van der Waals surface area contributed by atoms with Crippen LogP contribution in [0, 0.1) is 15.5 Å². The van der Waals surface area contributed by atoms with E-state index in [0.29, 0.717) is 12.1 Å². The Hall–Kier alpha value is -1.22. The number of non-ortho nitro benzene ring substituents is 1. The molecular formula is C15H24ClN3O4S. The van der Waals surface area contributed by atoms with E-state index < -0.39 is 14.9 Å². The van der Waals surface area contributed by atoms with E-state index in [1.165, 1.54) is 24.3 Å². The molecule has 0 bridgehead atoms. The molecule has 1 aromatic carbocycles. The van der Waals surface area contributed by atoms with Crippen LogP contribution in [-0.4, -0.2) is 32.5 Å². The van der Waals surface area contributed by atoms with Crippen LogP contribution in [0.5, 0.6) is 0 Å². The van der Waals surface area contributed by atoms with E-state index in [1.807, 2.05) is 0 Å². The molecule has 1 aromatic rings. The number of piperidine rings is 1. The van der Waals surface area contributed by atoms with Crippen molar-refractivity contribution in [3.63, 3.8) is 0 Å². The molecule has 1 fully saturated rings. The third-order valence-electron chi connectivity index (χ3n) is 4.34. The summed E-state index contributed by atoms with van der Waals surface area (Å²) in [6, 6.07) is 5.68. The number of hydrogen-bond acceptors (Lipinski definition) is 5. The SMILES string of the molecule is CC1(C)CCCNC1CNS(=O)(=O)Cc1ccc([N+](=O)[O-])cc1.Cl. The van der Waals surface area contributed by atoms with Gasteiger partial charge in [0.15, 0.2) is 0 Å². The summed E-state index contributed by atoms with van der Waals surface area (Å²) in [5, 5.41) is 14.0. The monoisotopic (exact) mass is 377 g/mol. The molecule has 1 atom stereocenters. The zero-order valence-corrected chi connectivity index (χ0v) is 15.5. The van der Waals surface area contributed by atoms with Gasteiger partial charge in [0.1, 0.15) is 0 Å². The van der Waals surface area contributed by atoms with Gasteiger partial charge in [-0.1, -0.05) is 26.0 Å². The van der Waals surface area contributed by atoms with Crippen molar-refractivity contribution in [2.24, 2.45) is 5.41 Å². The average Bonchev–Trinajstić information content (AvgIpc) is 2.46. The average molecular weight is 378 g/mol. The van der Waals surface area contributed by atoms with Crippen LogP contribution in [0.2, 0.25) is 0 Å². The summed E-state index contributed by atoms with van der Waals surface area (Å²) in [5.74, 6) is -0.182. The van der Waals surface area contributed by atoms with Gasteiger partial charge in [-0.15, -0.1) is 12.4 Å². The van der Waals surface area contributed by atoms with Crippen molar-refractivity contribution < 1.29 is 13.3 Å². The summed E-state index contributed by atoms with van der Waals surface area (Å²) in [4.78, 5) is 10.1. The molecule has 0 saturated carbocycles. The predicted molar refractivity (Wildman–Crippen MR) is 95.8 cm³/mol. The second-order valence-electron chi connectivity index (χ2n) is 6.63. The molecule has 1 saturated heterocycles. The first-order valence-electron chi connectivity index (χ1n) is 7.64. The van der Waals surface area contributed by atoms with Crippen LogP contribution >= 0.6 is 12.4 Å². The van der Waals surface area contributed by atoms with Gasteiger partial charge in [0, 0.05) is 24.7 Å². The number of nitrogens with zero attached hydrogens (tertiary/aromatic N) is 1. The smallest absolute Gasteiger partial charge is 0.269 e. The first kappa shape index (κ1) is 20.8. The molecule has 24 heavy (non-hydrogen) atoms. The molecule has 2 rings (SSSR count). The van der Waals surface area contributed by atoms with Gasteiger partial charge in [-0.3, -0.25) is 10.1 Å². The number of nitrogens with one attached hydrogen (secondary N) is 2. The molecule has 0 amide bonds. The van der Waals surface area contributed by atoms with Gasteiger partial charge in [0.2, 0.25) is 10.0 Å². The van der Waals surface area contributed by atoms with Crippen molar-refractivity contribution in [1.29, 1.82) is 0 Å². The van der Waals surface area contributed by atoms with E-state index in [2.05, 4.69) is 23.9 Å². The van der Waals surface area contributed by atoms with Gasteiger partial charge in [0.25, 0.3) is 5.69 Å². The molecule has 1 aliphatic rings. The fourth-order valence-electron chi connectivity index (χ4n) is 2.81. The molecule has 2 N–H and O–H groups in total. The lowest BCUT2D eigenvalue weighted by Gasteiger charge is -2.39. The summed E-state index contributed by atoms with van der Waals surface area (Å²) in [7, 11) is -3.48. The molecular weight excluding hydrogens is 354 g/mol. The molecule has 0 aliphatic carbocycles. The van der Waals surface area contributed by atoms with E-state index in [-0.39, 0.29) is 35.3 Å². The summed E-state index contributed by atoms with van der Waals surface area (Å²) in [6.07, 6.45) is 2.16. The predicted octanol–water partition coefficient (Wildman–Crippen LogP) is 2.21. The number of sulfonamides is 1. The maximum absolute atomic E-state index is 12.2. The lowest BCUT2D eigenvalue weighted by molar-refractivity contribution is -0.384. The van der Waals surface area contributed by atoms with Crippen molar-refractivity contribution in [1.82, 2.24) is 10.0 Å². The van der Waals surface area contributed by atoms with Crippen LogP contribution in [-0.2, 0) is 15.8 Å². The molecule has 1 unspecified atom stereocenters. The summed E-state index contributed by atoms with van der Waals surface area (Å²) >= 11 is 0. The Balaban J connectivity index is 0.00000288. The maximum atomic E-state index is 12.2. The van der Waals surface area contributed by atoms with Crippen LogP contribution < -0.4 is 10.0 Å². The van der Waals surface area contributed by atoms with Crippen LogP contribution in [0.4, 0.5) is 5.69 Å². The van der Waals surface area contributed by atoms with Crippen LogP contribution in [0.3, 0.4) is 0 Å². The highest BCUT2D eigenvalue weighted by Gasteiger charge is 2.32. The van der Waals surface area contributed by atoms with E-state index in [4.69, 9.17) is 0 Å². The van der Waals surface area contributed by atoms with Crippen molar-refractivity contribution in [2.75, 3.05) is 13.1 Å². The largest absolute Gasteiger partial charge is 0.312 e. The van der Waals surface area contributed by atoms with E-state index >= 15 is 0 Å². The Morgan fingerprint density at radius 3 is 2.50 bits per heavy atom. The standard InChI is InChI=1S/C15H23N3O4S.ClH/c1-15(2)8-3-9-16-14(15)10-17-23(21,22)11-12-4-6-13(7-5-12)18(19)20;/h4-7,14,16-17H,3,8-11H2,1-2H3;1H. The number of hydrogen-bond donors (Lipinski definition) is 2. The second-order valence-corrected chi connectivity index (χ2v) is 8.44. The Bertz CT molecular complexity index is 662. The molecule has 1 heterocycles. The molecule has 7 nitrogen and oxygen atoms in total. The molecule has 1 aliphatic heterocycles. The Kier molecular flexibility index (Phi) is 7.15. The Labute approximate surface area is 148 Å². The fourth-order valence-corrected chi connectivity index (χ4v) is 3.97. The normalized spacial score (nSPS) is 20.2. The van der Waals surface area contributed by atoms with Gasteiger partial charge in [-0.25, -0.2) is 13.1 Å². The van der Waals surface area contributed by atoms with E-state index in [9.17, 15) is 18.5 Å². The van der Waals surface area contributed by atoms with Crippen molar-refractivity contribution in [3.05, 3.63) is 39.9 Å². The Morgan fingerprint density at radius 2 is 1.96 bits per heavy atom. The van der Waals surface area contributed by atoms with Crippen LogP contribution in [0.1, 0.15) is 32.3 Å². The number of nitro groups is 1. The lowest BCUT2D eigenvalue weighted by Crippen LogP contribution is -2.52. The third kappa shape index (κ3) is 5.70. The summed E-state index contributed by atoms with van der Waals surface area (Å²) < 4.78 is 27.0. The van der Waals surface area contributed by atoms with E-state index in [1.54, 1.807) is 0 Å². The molecule has 136 valence electrons. The quantitative estimate of drug-likeness (QED) is 0.584. The van der Waals surface area contributed by atoms with Gasteiger partial charge >= 0.3 is 0 Å². The van der Waals surface area contributed by atoms with Crippen molar-refractivity contribution in [3.8, 4) is 0 Å². The van der Waals surface area contributed by atoms with Gasteiger partial charge in [0.05, 0.1) is 10.7 Å². The number of halogens is 1. The van der Waals surface area contributed by atoms with E-state index in [0.717, 1.165) is 19.4 Å². The zero-order valence-electron chi connectivity index (χ0n) is 13.8. The first-order valence-corrected chi connectivity index (χ1v) is 9.29. The number of benzene rings is 1. The summed E-state index contributed by atoms with van der Waals surface area (Å²) in [6.45, 7) is 5.52. The minimum atomic E-state index is -3.48. The van der Waals surface area contributed by atoms with Gasteiger partial charge in [-0.2, -0.15) is 0 Å². The first-order chi connectivity index (χ1) is 10.7. The minimum Gasteiger partial charge on any atom is -0.312 e. The van der Waals surface area contributed by atoms with Crippen molar-refractivity contribution in [2.45, 2.75) is 38.5 Å². The van der Waals surface area contributed by atoms with Crippen LogP contribution in [0.25, 0.3) is 0 Å². The Morgan fingerprint density at radius 1 is 1.33 bits per heavy atom. The second kappa shape index (κ2) is 8.24. The third-order valence-corrected chi connectivity index (χ3v) is 5.66. The number of rotatable bonds is 6. The molecule has 0 aromatic heterocycles. The molecule has 0 spiro atoms. The molecule has 9 heteroatoms. The fraction of sp³-hybridized carbons (Fsp3) is 0.600. The lowest BCUT2D eigenvalue weighted by atomic mass is 9.78. The highest BCUT2D eigenvalue weighted by molar-refractivity contribution is 7.88. The zero-order chi connectivity index (χ0) is 17.1. The minimum absolute atomic E-state index is 0. The van der Waals surface area contributed by atoms with Gasteiger partial charge < -0.3 is 5.32 Å². The van der Waals surface area contributed by atoms with Crippen molar-refractivity contribution >= 4 is 28.1 Å². The molecule has 0 radical (unpaired) electrons. The highest BCUT2D eigenvalue weighted by Crippen LogP contribution is 2.29. The summed E-state index contributed by atoms with van der Waals surface area (Å²) in [5.41, 5.74) is 0.528. The number of nitro benzene ring substituents is 1. The topological polar surface area (TPSA) is 101 Å². The highest BCUT2D eigenvalue weighted by atomic mass is 35.5. The van der Waals surface area contributed by atoms with Gasteiger partial charge in [-0.05, 0) is 30.4 Å². The van der Waals surface area contributed by atoms with Crippen LogP contribution in [0.15, 0.2) is 24.3 Å².